The predicted octanol–water partition coefficient (Wildman–Crippen LogP) is 2.58. The van der Waals surface area contributed by atoms with Crippen molar-refractivity contribution in [2.75, 3.05) is 19.6 Å². The van der Waals surface area contributed by atoms with Gasteiger partial charge in [-0.2, -0.15) is 4.65 Å². The predicted molar refractivity (Wildman–Crippen MR) is 63.2 cm³/mol. The van der Waals surface area contributed by atoms with Crippen LogP contribution >= 0.6 is 0 Å². The first kappa shape index (κ1) is 11.6. The molecule has 0 radical (unpaired) electrons. The third-order valence-electron chi connectivity index (χ3n) is 3.53. The maximum atomic E-state index is 10.3. The van der Waals surface area contributed by atoms with Gasteiger partial charge in [-0.25, -0.2) is 5.21 Å². The molecule has 1 aliphatic heterocycles. The molecule has 3 nitrogen and oxygen atoms in total. The van der Waals surface area contributed by atoms with Crippen LogP contribution in [0.2, 0.25) is 0 Å². The van der Waals surface area contributed by atoms with E-state index in [1.807, 2.05) is 18.3 Å². The summed E-state index contributed by atoms with van der Waals surface area (Å²) >= 11 is 0. The van der Waals surface area contributed by atoms with Gasteiger partial charge in [-0.1, -0.05) is 13.0 Å². The van der Waals surface area contributed by atoms with Crippen LogP contribution in [0.15, 0.2) is 24.4 Å². The molecule has 1 fully saturated rings. The van der Waals surface area contributed by atoms with Gasteiger partial charge in [0.05, 0.1) is 0 Å². The van der Waals surface area contributed by atoms with E-state index in [1.54, 1.807) is 0 Å². The van der Waals surface area contributed by atoms with Crippen molar-refractivity contribution in [1.29, 1.82) is 0 Å². The molecule has 3 heteroatoms. The zero-order valence-corrected chi connectivity index (χ0v) is 9.97. The Morgan fingerprint density at radius 2 is 2.12 bits per heavy atom. The average molecular weight is 221 g/mol. The Kier molecular flexibility index (Phi) is 3.56. The molecule has 0 aliphatic carbocycles. The van der Waals surface area contributed by atoms with Crippen molar-refractivity contribution in [3.63, 3.8) is 0 Å². The minimum Gasteiger partial charge on any atom is -0.261 e. The van der Waals surface area contributed by atoms with E-state index in [0.717, 1.165) is 38.9 Å². The fraction of sp³-hybridized carbons (Fsp3) is 0.615. The van der Waals surface area contributed by atoms with Crippen LogP contribution < -0.4 is 0 Å². The minimum absolute atomic E-state index is 0.264. The number of hydroxylamine groups is 3. The zero-order chi connectivity index (χ0) is 11.4. The van der Waals surface area contributed by atoms with E-state index in [0.29, 0.717) is 5.92 Å². The van der Waals surface area contributed by atoms with E-state index in [9.17, 15) is 5.21 Å². The van der Waals surface area contributed by atoms with Gasteiger partial charge in [-0.15, -0.1) is 0 Å². The van der Waals surface area contributed by atoms with Gasteiger partial charge in [0.2, 0.25) is 0 Å². The zero-order valence-electron chi connectivity index (χ0n) is 9.97. The van der Waals surface area contributed by atoms with E-state index in [4.69, 9.17) is 0 Å². The third kappa shape index (κ3) is 2.60. The average Bonchev–Trinajstić information content (AvgIpc) is 2.31. The second-order valence-electron chi connectivity index (χ2n) is 4.79. The molecule has 0 amide bonds. The summed E-state index contributed by atoms with van der Waals surface area (Å²) in [7, 11) is 0. The largest absolute Gasteiger partial charge is 0.261 e. The van der Waals surface area contributed by atoms with Crippen LogP contribution in [0.1, 0.15) is 37.8 Å². The van der Waals surface area contributed by atoms with Gasteiger partial charge < -0.3 is 0 Å². The summed E-state index contributed by atoms with van der Waals surface area (Å²) in [4.78, 5) is 4.41. The number of hydrogen-bond acceptors (Lipinski definition) is 2. The molecule has 88 valence electrons. The van der Waals surface area contributed by atoms with Gasteiger partial charge in [0, 0.05) is 30.7 Å². The lowest BCUT2D eigenvalue weighted by Crippen LogP contribution is -2.50. The molecule has 1 N–H and O–H groups in total. The molecule has 1 aliphatic rings. The fourth-order valence-corrected chi connectivity index (χ4v) is 2.60. The smallest absolute Gasteiger partial charge is 0.109 e. The van der Waals surface area contributed by atoms with Crippen LogP contribution in [0.4, 0.5) is 0 Å². The van der Waals surface area contributed by atoms with Gasteiger partial charge in [0.1, 0.15) is 19.6 Å². The molecule has 2 rings (SSSR count). The Bertz CT molecular complexity index is 318. The highest BCUT2D eigenvalue weighted by atomic mass is 16.5. The van der Waals surface area contributed by atoms with Crippen molar-refractivity contribution >= 4 is 0 Å². The van der Waals surface area contributed by atoms with Gasteiger partial charge in [0.15, 0.2) is 0 Å². The highest BCUT2D eigenvalue weighted by molar-refractivity contribution is 5.09. The van der Waals surface area contributed by atoms with E-state index < -0.39 is 0 Å². The molecule has 0 aromatic carbocycles. The summed E-state index contributed by atoms with van der Waals surface area (Å²) in [6.45, 7) is 4.75. The Morgan fingerprint density at radius 3 is 2.69 bits per heavy atom. The van der Waals surface area contributed by atoms with Crippen LogP contribution in [0.25, 0.3) is 0 Å². The number of aromatic nitrogens is 1. The lowest BCUT2D eigenvalue weighted by Gasteiger charge is -2.36. The number of pyridine rings is 1. The number of rotatable bonds is 3. The number of likely N-dealkylation sites (tertiary alicyclic amines) is 1. The van der Waals surface area contributed by atoms with Crippen LogP contribution in [-0.4, -0.2) is 34.5 Å². The highest BCUT2D eigenvalue weighted by Crippen LogP contribution is 2.29. The molecule has 2 heterocycles. The summed E-state index contributed by atoms with van der Waals surface area (Å²) in [5.41, 5.74) is 1.19. The van der Waals surface area contributed by atoms with Crippen LogP contribution in [0, 0.1) is 0 Å². The highest BCUT2D eigenvalue weighted by Gasteiger charge is 2.33. The Balaban J connectivity index is 1.95. The van der Waals surface area contributed by atoms with E-state index in [1.165, 1.54) is 5.69 Å². The Hall–Kier alpha value is -0.930. The minimum atomic E-state index is 0.264. The molecule has 0 atom stereocenters. The first-order chi connectivity index (χ1) is 7.73. The number of quaternary nitrogens is 1. The lowest BCUT2D eigenvalue weighted by molar-refractivity contribution is -1.10. The SMILES string of the molecule is CCC[N+]1(O)CCC(c2ccccn2)CC1. The molecular weight excluding hydrogens is 200 g/mol. The number of piperidine rings is 1. The first-order valence-electron chi connectivity index (χ1n) is 6.23. The lowest BCUT2D eigenvalue weighted by atomic mass is 9.92. The summed E-state index contributed by atoms with van der Waals surface area (Å²) in [6.07, 6.45) is 5.00. The Morgan fingerprint density at radius 1 is 1.38 bits per heavy atom. The monoisotopic (exact) mass is 221 g/mol. The van der Waals surface area contributed by atoms with Gasteiger partial charge in [0.25, 0.3) is 0 Å². The topological polar surface area (TPSA) is 33.1 Å². The summed E-state index contributed by atoms with van der Waals surface area (Å²) in [6, 6.07) is 6.10. The quantitative estimate of drug-likeness (QED) is 0.796. The third-order valence-corrected chi connectivity index (χ3v) is 3.53. The van der Waals surface area contributed by atoms with Crippen molar-refractivity contribution < 1.29 is 9.85 Å². The molecular formula is C13H21N2O+. The van der Waals surface area contributed by atoms with E-state index in [-0.39, 0.29) is 4.65 Å². The standard InChI is InChI=1S/C13H21N2O/c1-2-9-15(16)10-6-12(7-11-15)13-5-3-4-8-14-13/h3-5,8,12,16H,2,6-7,9-11H2,1H3/q+1. The molecule has 1 saturated heterocycles. The summed E-state index contributed by atoms with van der Waals surface area (Å²) in [5.74, 6) is 0.538. The van der Waals surface area contributed by atoms with Gasteiger partial charge >= 0.3 is 0 Å². The molecule has 0 saturated carbocycles. The van der Waals surface area contributed by atoms with Crippen molar-refractivity contribution in [1.82, 2.24) is 4.98 Å². The van der Waals surface area contributed by atoms with E-state index >= 15 is 0 Å². The van der Waals surface area contributed by atoms with Crippen molar-refractivity contribution in [3.8, 4) is 0 Å². The molecule has 1 aromatic heterocycles. The molecule has 16 heavy (non-hydrogen) atoms. The van der Waals surface area contributed by atoms with Crippen LogP contribution in [-0.2, 0) is 0 Å². The maximum Gasteiger partial charge on any atom is 0.109 e. The molecule has 1 aromatic rings. The van der Waals surface area contributed by atoms with Crippen LogP contribution in [0.5, 0.6) is 0 Å². The summed E-state index contributed by atoms with van der Waals surface area (Å²) < 4.78 is 0.264. The maximum absolute atomic E-state index is 10.3. The number of hydrogen-bond donors (Lipinski definition) is 1. The second-order valence-corrected chi connectivity index (χ2v) is 4.79. The van der Waals surface area contributed by atoms with E-state index in [2.05, 4.69) is 18.0 Å². The van der Waals surface area contributed by atoms with Crippen LogP contribution in [0.3, 0.4) is 0 Å². The van der Waals surface area contributed by atoms with Crippen molar-refractivity contribution in [2.24, 2.45) is 0 Å². The second kappa shape index (κ2) is 4.93. The molecule has 0 bridgehead atoms. The Labute approximate surface area is 97.3 Å². The molecule has 0 spiro atoms. The fourth-order valence-electron chi connectivity index (χ4n) is 2.60. The first-order valence-corrected chi connectivity index (χ1v) is 6.23. The summed E-state index contributed by atoms with van der Waals surface area (Å²) in [5, 5.41) is 10.3. The van der Waals surface area contributed by atoms with Gasteiger partial charge in [-0.05, 0) is 18.6 Å². The molecule has 0 unspecified atom stereocenters. The normalized spacial score (nSPS) is 30.2. The van der Waals surface area contributed by atoms with Gasteiger partial charge in [-0.3, -0.25) is 4.98 Å². The van der Waals surface area contributed by atoms with Crippen molar-refractivity contribution in [2.45, 2.75) is 32.1 Å². The number of nitrogens with zero attached hydrogens (tertiary/aromatic N) is 2. The van der Waals surface area contributed by atoms with Crippen molar-refractivity contribution in [3.05, 3.63) is 30.1 Å².